The Balaban J connectivity index is 0. The molecule has 0 bridgehead atoms. The summed E-state index contributed by atoms with van der Waals surface area (Å²) in [5.41, 5.74) is 5.02. The first-order valence-electron chi connectivity index (χ1n) is 1.56. The number of rotatable bonds is 2. The molecule has 0 aliphatic rings. The first kappa shape index (κ1) is 10.7. The molecule has 0 radical (unpaired) electrons. The minimum Gasteiger partial charge on any atom is -0.329 e. The Morgan fingerprint density at radius 1 is 1.43 bits per heavy atom. The van der Waals surface area contributed by atoms with Gasteiger partial charge in [-0.05, 0) is 23.6 Å². The monoisotopic (exact) mass is 164 g/mol. The van der Waals surface area contributed by atoms with Gasteiger partial charge in [-0.3, -0.25) is 0 Å². The van der Waals surface area contributed by atoms with Crippen molar-refractivity contribution in [2.45, 2.75) is 0 Å². The van der Waals surface area contributed by atoms with Gasteiger partial charge < -0.3 is 5.73 Å². The van der Waals surface area contributed by atoms with Crippen LogP contribution in [0, 0.1) is 0 Å². The number of hydrogen-bond acceptors (Lipinski definition) is 2. The molecule has 0 saturated heterocycles. The van der Waals surface area contributed by atoms with Crippen molar-refractivity contribution >= 4 is 36.0 Å². The third kappa shape index (κ3) is 10.8. The molecule has 0 heterocycles. The van der Waals surface area contributed by atoms with Crippen LogP contribution in [-0.4, -0.2) is 17.0 Å². The molecule has 5 heteroatoms. The van der Waals surface area contributed by atoms with Crippen LogP contribution < -0.4 is 5.73 Å². The van der Waals surface area contributed by atoms with Gasteiger partial charge in [-0.25, -0.2) is 0 Å². The number of hydrogen-bond donors (Lipinski definition) is 1. The molecular formula is C2H7Cl3N2. The maximum absolute atomic E-state index is 5.10. The van der Waals surface area contributed by atoms with Crippen molar-refractivity contribution in [3.63, 3.8) is 0 Å². The van der Waals surface area contributed by atoms with E-state index in [1.54, 1.807) is 0 Å². The van der Waals surface area contributed by atoms with E-state index >= 15 is 0 Å². The standard InChI is InChI=1S/C2H6Cl2N2.ClH/c3-6(4)2-1-5;/h1-2,5H2;1H. The molecule has 0 aliphatic carbocycles. The Labute approximate surface area is 59.2 Å². The van der Waals surface area contributed by atoms with Crippen LogP contribution in [0.3, 0.4) is 0 Å². The summed E-state index contributed by atoms with van der Waals surface area (Å²) in [4.78, 5) is 0. The highest BCUT2D eigenvalue weighted by atomic mass is 35.5. The maximum Gasteiger partial charge on any atom is 0.0427 e. The lowest BCUT2D eigenvalue weighted by Crippen LogP contribution is -2.12. The van der Waals surface area contributed by atoms with Gasteiger partial charge >= 0.3 is 0 Å². The molecule has 0 rings (SSSR count). The van der Waals surface area contributed by atoms with Crippen LogP contribution in [0.1, 0.15) is 0 Å². The smallest absolute Gasteiger partial charge is 0.0427 e. The van der Waals surface area contributed by atoms with Crippen molar-refractivity contribution in [1.82, 2.24) is 3.94 Å². The third-order valence-electron chi connectivity index (χ3n) is 0.298. The average Bonchev–Trinajstić information content (AvgIpc) is 1.35. The number of halogens is 3. The van der Waals surface area contributed by atoms with E-state index in [1.807, 2.05) is 0 Å². The zero-order valence-corrected chi connectivity index (χ0v) is 5.93. The number of nitrogens with two attached hydrogens (primary N) is 1. The summed E-state index contributed by atoms with van der Waals surface area (Å²) < 4.78 is 1.00. The molecule has 0 unspecified atom stereocenters. The molecule has 2 nitrogen and oxygen atoms in total. The summed E-state index contributed by atoms with van der Waals surface area (Å²) in [6.45, 7) is 1.01. The van der Waals surface area contributed by atoms with Crippen molar-refractivity contribution in [2.24, 2.45) is 5.73 Å². The summed E-state index contributed by atoms with van der Waals surface area (Å²) in [5.74, 6) is 0. The van der Waals surface area contributed by atoms with Gasteiger partial charge in [0.15, 0.2) is 0 Å². The molecule has 2 N–H and O–H groups in total. The Hall–Kier alpha value is 0.790. The lowest BCUT2D eigenvalue weighted by molar-refractivity contribution is 0.704. The van der Waals surface area contributed by atoms with E-state index in [0.29, 0.717) is 13.1 Å². The van der Waals surface area contributed by atoms with Gasteiger partial charge in [0.05, 0.1) is 0 Å². The maximum atomic E-state index is 5.10. The zero-order chi connectivity index (χ0) is 4.99. The molecule has 0 aromatic carbocycles. The molecule has 0 aromatic heterocycles. The molecule has 7 heavy (non-hydrogen) atoms. The number of nitrogens with zero attached hydrogens (tertiary/aromatic N) is 1. The van der Waals surface area contributed by atoms with Crippen LogP contribution in [-0.2, 0) is 0 Å². The highest BCUT2D eigenvalue weighted by Crippen LogP contribution is 1.93. The van der Waals surface area contributed by atoms with Crippen molar-refractivity contribution in [1.29, 1.82) is 0 Å². The molecule has 0 fully saturated rings. The summed E-state index contributed by atoms with van der Waals surface area (Å²) in [5, 5.41) is 0. The first-order valence-corrected chi connectivity index (χ1v) is 2.24. The Morgan fingerprint density at radius 3 is 1.86 bits per heavy atom. The van der Waals surface area contributed by atoms with Crippen LogP contribution >= 0.6 is 36.0 Å². The van der Waals surface area contributed by atoms with Gasteiger partial charge in [-0.2, -0.15) is 0 Å². The summed E-state index contributed by atoms with van der Waals surface area (Å²) in [6.07, 6.45) is 0. The van der Waals surface area contributed by atoms with Crippen LogP contribution in [0.4, 0.5) is 0 Å². The normalized spacial score (nSPS) is 8.57. The van der Waals surface area contributed by atoms with Gasteiger partial charge in [0.2, 0.25) is 0 Å². The van der Waals surface area contributed by atoms with E-state index in [2.05, 4.69) is 0 Å². The van der Waals surface area contributed by atoms with Crippen molar-refractivity contribution in [3.05, 3.63) is 0 Å². The summed E-state index contributed by atoms with van der Waals surface area (Å²) in [7, 11) is 0. The predicted octanol–water partition coefficient (Wildman–Crippen LogP) is 0.977. The lowest BCUT2D eigenvalue weighted by Gasteiger charge is -1.95. The lowest BCUT2D eigenvalue weighted by atomic mass is 10.7. The predicted molar refractivity (Wildman–Crippen MR) is 34.7 cm³/mol. The second kappa shape index (κ2) is 6.79. The quantitative estimate of drug-likeness (QED) is 0.618. The van der Waals surface area contributed by atoms with Gasteiger partial charge in [-0.1, -0.05) is 0 Å². The molecule has 0 amide bonds. The van der Waals surface area contributed by atoms with E-state index in [0.717, 1.165) is 3.94 Å². The first-order chi connectivity index (χ1) is 2.77. The van der Waals surface area contributed by atoms with Crippen LogP contribution in [0.5, 0.6) is 0 Å². The fourth-order valence-corrected chi connectivity index (χ4v) is 0.293. The van der Waals surface area contributed by atoms with Gasteiger partial charge in [0.1, 0.15) is 0 Å². The SMILES string of the molecule is Cl.NCCN(Cl)Cl. The highest BCUT2D eigenvalue weighted by Gasteiger charge is 1.86. The second-order valence-electron chi connectivity index (χ2n) is 0.815. The zero-order valence-electron chi connectivity index (χ0n) is 3.60. The second-order valence-corrected chi connectivity index (χ2v) is 1.80. The van der Waals surface area contributed by atoms with Crippen molar-refractivity contribution in [3.8, 4) is 0 Å². The van der Waals surface area contributed by atoms with Crippen molar-refractivity contribution in [2.75, 3.05) is 13.1 Å². The van der Waals surface area contributed by atoms with E-state index in [4.69, 9.17) is 29.3 Å². The van der Waals surface area contributed by atoms with Crippen LogP contribution in [0.15, 0.2) is 0 Å². The van der Waals surface area contributed by atoms with Gasteiger partial charge in [-0.15, -0.1) is 16.3 Å². The fourth-order valence-electron chi connectivity index (χ4n) is 0.0976. The Bertz CT molecular complexity index is 32.1. The Kier molecular flexibility index (Phi) is 10.4. The minimum atomic E-state index is 0. The van der Waals surface area contributed by atoms with Crippen molar-refractivity contribution < 1.29 is 0 Å². The summed E-state index contributed by atoms with van der Waals surface area (Å²) >= 11 is 10.2. The molecule has 0 atom stereocenters. The minimum absolute atomic E-state index is 0. The van der Waals surface area contributed by atoms with Crippen LogP contribution in [0.2, 0.25) is 0 Å². The third-order valence-corrected chi connectivity index (χ3v) is 0.636. The molecule has 46 valence electrons. The topological polar surface area (TPSA) is 29.3 Å². The van der Waals surface area contributed by atoms with E-state index in [1.165, 1.54) is 0 Å². The fraction of sp³-hybridized carbons (Fsp3) is 1.00. The summed E-state index contributed by atoms with van der Waals surface area (Å²) in [6, 6.07) is 0. The van der Waals surface area contributed by atoms with Gasteiger partial charge in [0.25, 0.3) is 0 Å². The average molecular weight is 165 g/mol. The highest BCUT2D eigenvalue weighted by molar-refractivity contribution is 6.33. The van der Waals surface area contributed by atoms with E-state index in [-0.39, 0.29) is 12.4 Å². The van der Waals surface area contributed by atoms with E-state index < -0.39 is 0 Å². The van der Waals surface area contributed by atoms with Crippen LogP contribution in [0.25, 0.3) is 0 Å². The van der Waals surface area contributed by atoms with Gasteiger partial charge in [0, 0.05) is 13.1 Å². The molecule has 0 aromatic rings. The molecular weight excluding hydrogens is 158 g/mol. The largest absolute Gasteiger partial charge is 0.329 e. The molecule has 0 spiro atoms. The molecule has 0 aliphatic heterocycles. The Morgan fingerprint density at radius 2 is 1.86 bits per heavy atom. The molecule has 0 saturated carbocycles. The van der Waals surface area contributed by atoms with E-state index in [9.17, 15) is 0 Å².